The van der Waals surface area contributed by atoms with Gasteiger partial charge in [-0.25, -0.2) is 0 Å². The molecule has 1 heterocycles. The zero-order chi connectivity index (χ0) is 11.2. The summed E-state index contributed by atoms with van der Waals surface area (Å²) in [5.74, 6) is 0. The molecule has 0 atom stereocenters. The van der Waals surface area contributed by atoms with Gasteiger partial charge in [-0.3, -0.25) is 9.69 Å². The zero-order valence-corrected chi connectivity index (χ0v) is 9.39. The van der Waals surface area contributed by atoms with Crippen molar-refractivity contribution in [2.24, 2.45) is 0 Å². The van der Waals surface area contributed by atoms with E-state index >= 15 is 0 Å². The molecule has 1 aromatic carbocycles. The summed E-state index contributed by atoms with van der Waals surface area (Å²) in [7, 11) is 0. The minimum Gasteiger partial charge on any atom is -0.379 e. The van der Waals surface area contributed by atoms with Crippen LogP contribution < -0.4 is 0 Å². The minimum absolute atomic E-state index is 0.745. The molecule has 0 unspecified atom stereocenters. The van der Waals surface area contributed by atoms with Gasteiger partial charge in [-0.15, -0.1) is 0 Å². The van der Waals surface area contributed by atoms with E-state index in [4.69, 9.17) is 4.74 Å². The van der Waals surface area contributed by atoms with Gasteiger partial charge in [0.15, 0.2) is 0 Å². The van der Waals surface area contributed by atoms with Crippen LogP contribution in [-0.4, -0.2) is 44.0 Å². The highest BCUT2D eigenvalue weighted by molar-refractivity contribution is 5.74. The second kappa shape index (κ2) is 5.77. The maximum absolute atomic E-state index is 10.5. The Hall–Kier alpha value is -1.19. The Bertz CT molecular complexity index is 328. The number of hydrogen-bond donors (Lipinski definition) is 0. The van der Waals surface area contributed by atoms with Crippen molar-refractivity contribution < 1.29 is 9.53 Å². The SMILES string of the molecule is O=Cc1ccc(CCN2CCOCC2)cc1. The lowest BCUT2D eigenvalue weighted by Crippen LogP contribution is -2.37. The highest BCUT2D eigenvalue weighted by atomic mass is 16.5. The molecule has 0 radical (unpaired) electrons. The summed E-state index contributed by atoms with van der Waals surface area (Å²) in [5.41, 5.74) is 2.03. The molecule has 0 aliphatic carbocycles. The van der Waals surface area contributed by atoms with Gasteiger partial charge in [0, 0.05) is 25.2 Å². The third-order valence-corrected chi connectivity index (χ3v) is 2.94. The van der Waals surface area contributed by atoms with Crippen molar-refractivity contribution >= 4 is 6.29 Å². The predicted octanol–water partition coefficient (Wildman–Crippen LogP) is 1.37. The van der Waals surface area contributed by atoms with Crippen molar-refractivity contribution in [3.05, 3.63) is 35.4 Å². The second-order valence-corrected chi connectivity index (χ2v) is 4.06. The van der Waals surface area contributed by atoms with Gasteiger partial charge in [-0.2, -0.15) is 0 Å². The molecule has 0 amide bonds. The molecule has 1 saturated heterocycles. The van der Waals surface area contributed by atoms with Crippen LogP contribution in [0.25, 0.3) is 0 Å². The first kappa shape index (κ1) is 11.3. The molecule has 3 heteroatoms. The Kier molecular flexibility index (Phi) is 4.08. The van der Waals surface area contributed by atoms with Gasteiger partial charge in [0.2, 0.25) is 0 Å². The molecule has 0 aromatic heterocycles. The van der Waals surface area contributed by atoms with Crippen molar-refractivity contribution in [3.63, 3.8) is 0 Å². The van der Waals surface area contributed by atoms with E-state index < -0.39 is 0 Å². The molecular weight excluding hydrogens is 202 g/mol. The van der Waals surface area contributed by atoms with Gasteiger partial charge < -0.3 is 4.74 Å². The minimum atomic E-state index is 0.745. The van der Waals surface area contributed by atoms with Crippen LogP contribution in [0.2, 0.25) is 0 Å². The largest absolute Gasteiger partial charge is 0.379 e. The molecule has 1 fully saturated rings. The van der Waals surface area contributed by atoms with Crippen LogP contribution >= 0.6 is 0 Å². The summed E-state index contributed by atoms with van der Waals surface area (Å²) in [6.45, 7) is 4.84. The van der Waals surface area contributed by atoms with Gasteiger partial charge in [-0.1, -0.05) is 24.3 Å². The second-order valence-electron chi connectivity index (χ2n) is 4.06. The van der Waals surface area contributed by atoms with E-state index in [-0.39, 0.29) is 0 Å². The molecule has 0 bridgehead atoms. The number of carbonyl (C=O) groups is 1. The fourth-order valence-electron chi connectivity index (χ4n) is 1.87. The van der Waals surface area contributed by atoms with Crippen LogP contribution in [0.1, 0.15) is 15.9 Å². The number of carbonyl (C=O) groups excluding carboxylic acids is 1. The highest BCUT2D eigenvalue weighted by Gasteiger charge is 2.09. The number of hydrogen-bond acceptors (Lipinski definition) is 3. The molecule has 2 rings (SSSR count). The van der Waals surface area contributed by atoms with Crippen molar-refractivity contribution in [2.75, 3.05) is 32.8 Å². The molecule has 0 spiro atoms. The lowest BCUT2D eigenvalue weighted by Gasteiger charge is -2.26. The average molecular weight is 219 g/mol. The van der Waals surface area contributed by atoms with Crippen LogP contribution in [0.3, 0.4) is 0 Å². The standard InChI is InChI=1S/C13H17NO2/c15-11-13-3-1-12(2-4-13)5-6-14-7-9-16-10-8-14/h1-4,11H,5-10H2. The normalized spacial score (nSPS) is 17.2. The maximum Gasteiger partial charge on any atom is 0.150 e. The molecule has 16 heavy (non-hydrogen) atoms. The zero-order valence-electron chi connectivity index (χ0n) is 9.39. The van der Waals surface area contributed by atoms with Crippen molar-refractivity contribution in [2.45, 2.75) is 6.42 Å². The van der Waals surface area contributed by atoms with Crippen molar-refractivity contribution in [1.82, 2.24) is 4.90 Å². The summed E-state index contributed by atoms with van der Waals surface area (Å²) in [6.07, 6.45) is 1.92. The summed E-state index contributed by atoms with van der Waals surface area (Å²) < 4.78 is 5.30. The van der Waals surface area contributed by atoms with E-state index in [0.717, 1.165) is 51.1 Å². The number of rotatable bonds is 4. The van der Waals surface area contributed by atoms with Crippen LogP contribution in [0.15, 0.2) is 24.3 Å². The van der Waals surface area contributed by atoms with E-state index in [2.05, 4.69) is 4.90 Å². The van der Waals surface area contributed by atoms with Crippen molar-refractivity contribution in [1.29, 1.82) is 0 Å². The van der Waals surface area contributed by atoms with E-state index in [9.17, 15) is 4.79 Å². The van der Waals surface area contributed by atoms with Crippen LogP contribution in [0, 0.1) is 0 Å². The van der Waals surface area contributed by atoms with E-state index in [1.807, 2.05) is 24.3 Å². The van der Waals surface area contributed by atoms with E-state index in [0.29, 0.717) is 0 Å². The fraction of sp³-hybridized carbons (Fsp3) is 0.462. The lowest BCUT2D eigenvalue weighted by molar-refractivity contribution is 0.0384. The van der Waals surface area contributed by atoms with Crippen molar-refractivity contribution in [3.8, 4) is 0 Å². The molecule has 0 N–H and O–H groups in total. The molecule has 86 valence electrons. The first-order valence-electron chi connectivity index (χ1n) is 5.73. The smallest absolute Gasteiger partial charge is 0.150 e. The lowest BCUT2D eigenvalue weighted by atomic mass is 10.1. The Morgan fingerprint density at radius 1 is 1.19 bits per heavy atom. The van der Waals surface area contributed by atoms with Gasteiger partial charge in [0.1, 0.15) is 6.29 Å². The van der Waals surface area contributed by atoms with Gasteiger partial charge in [-0.05, 0) is 12.0 Å². The molecule has 1 aromatic rings. The van der Waals surface area contributed by atoms with Crippen LogP contribution in [-0.2, 0) is 11.2 Å². The third kappa shape index (κ3) is 3.15. The maximum atomic E-state index is 10.5. The third-order valence-electron chi connectivity index (χ3n) is 2.94. The topological polar surface area (TPSA) is 29.5 Å². The summed E-state index contributed by atoms with van der Waals surface area (Å²) in [5, 5.41) is 0. The summed E-state index contributed by atoms with van der Waals surface area (Å²) in [6, 6.07) is 7.82. The number of ether oxygens (including phenoxy) is 1. The summed E-state index contributed by atoms with van der Waals surface area (Å²) in [4.78, 5) is 12.9. The van der Waals surface area contributed by atoms with E-state index in [1.54, 1.807) is 0 Å². The highest BCUT2D eigenvalue weighted by Crippen LogP contribution is 2.05. The Labute approximate surface area is 96.0 Å². The average Bonchev–Trinajstić information content (AvgIpc) is 2.38. The summed E-state index contributed by atoms with van der Waals surface area (Å²) >= 11 is 0. The molecule has 1 aliphatic heterocycles. The molecular formula is C13H17NO2. The number of benzene rings is 1. The van der Waals surface area contributed by atoms with Gasteiger partial charge in [0.25, 0.3) is 0 Å². The monoisotopic (exact) mass is 219 g/mol. The first-order chi connectivity index (χ1) is 7.88. The van der Waals surface area contributed by atoms with Crippen LogP contribution in [0.5, 0.6) is 0 Å². The van der Waals surface area contributed by atoms with Gasteiger partial charge >= 0.3 is 0 Å². The first-order valence-corrected chi connectivity index (χ1v) is 5.73. The molecule has 3 nitrogen and oxygen atoms in total. The number of morpholine rings is 1. The van der Waals surface area contributed by atoms with E-state index in [1.165, 1.54) is 5.56 Å². The fourth-order valence-corrected chi connectivity index (χ4v) is 1.87. The number of nitrogens with zero attached hydrogens (tertiary/aromatic N) is 1. The molecule has 1 aliphatic rings. The number of aldehydes is 1. The predicted molar refractivity (Wildman–Crippen MR) is 62.8 cm³/mol. The van der Waals surface area contributed by atoms with Crippen LogP contribution in [0.4, 0.5) is 0 Å². The Morgan fingerprint density at radius 3 is 2.50 bits per heavy atom. The Morgan fingerprint density at radius 2 is 1.88 bits per heavy atom. The quantitative estimate of drug-likeness (QED) is 0.716. The van der Waals surface area contributed by atoms with Gasteiger partial charge in [0.05, 0.1) is 13.2 Å². The Balaban J connectivity index is 1.81. The molecule has 0 saturated carbocycles.